The quantitative estimate of drug-likeness (QED) is 0.158. The van der Waals surface area contributed by atoms with Gasteiger partial charge in [-0.1, -0.05) is 182 Å². The van der Waals surface area contributed by atoms with Crippen molar-refractivity contribution >= 4 is 32.6 Å². The van der Waals surface area contributed by atoms with Crippen molar-refractivity contribution in [3.63, 3.8) is 0 Å². The predicted octanol–water partition coefficient (Wildman–Crippen LogP) is 14.4. The highest BCUT2D eigenvalue weighted by Gasteiger charge is 2.21. The minimum atomic E-state index is 0.700. The molecule has 4 heteroatoms. The fraction of sp³-hybridized carbons (Fsp3) is 0. The molecule has 4 nitrogen and oxygen atoms in total. The Morgan fingerprint density at radius 3 is 1.28 bits per heavy atom. The van der Waals surface area contributed by atoms with E-state index >= 15 is 0 Å². The van der Waals surface area contributed by atoms with Crippen LogP contribution in [0.25, 0.3) is 122 Å². The molecule has 0 radical (unpaired) electrons. The van der Waals surface area contributed by atoms with E-state index in [4.69, 9.17) is 19.9 Å². The average Bonchev–Trinajstić information content (AvgIpc) is 3.65. The van der Waals surface area contributed by atoms with Crippen LogP contribution in [0.1, 0.15) is 0 Å². The maximum Gasteiger partial charge on any atom is 0.160 e. The molecule has 11 aromatic rings. The summed E-state index contributed by atoms with van der Waals surface area (Å²) >= 11 is 0. The van der Waals surface area contributed by atoms with E-state index in [2.05, 4.69) is 170 Å². The summed E-state index contributed by atoms with van der Waals surface area (Å²) < 4.78 is 0. The average molecular weight is 763 g/mol. The van der Waals surface area contributed by atoms with Gasteiger partial charge in [-0.15, -0.1) is 0 Å². The molecule has 12 rings (SSSR count). The van der Waals surface area contributed by atoms with Crippen LogP contribution in [0.3, 0.4) is 0 Å². The summed E-state index contributed by atoms with van der Waals surface area (Å²) in [6.07, 6.45) is 0. The van der Waals surface area contributed by atoms with Crippen LogP contribution in [0.5, 0.6) is 0 Å². The van der Waals surface area contributed by atoms with Crippen LogP contribution in [0.2, 0.25) is 0 Å². The molecule has 3 heterocycles. The molecule has 0 atom stereocenters. The van der Waals surface area contributed by atoms with Gasteiger partial charge in [-0.25, -0.2) is 19.9 Å². The number of rotatable bonds is 6. The molecule has 0 saturated carbocycles. The molecule has 0 bridgehead atoms. The lowest BCUT2D eigenvalue weighted by molar-refractivity contribution is 1.18. The van der Waals surface area contributed by atoms with Gasteiger partial charge < -0.3 is 0 Å². The Bertz CT molecular complexity index is 3390. The Labute approximate surface area is 347 Å². The Morgan fingerprint density at radius 2 is 0.700 bits per heavy atom. The molecule has 0 N–H and O–H groups in total. The fourth-order valence-electron chi connectivity index (χ4n) is 8.77. The molecular weight excluding hydrogens is 729 g/mol. The number of hydrogen-bond acceptors (Lipinski definition) is 4. The van der Waals surface area contributed by atoms with E-state index in [1.165, 1.54) is 44.2 Å². The molecule has 3 aromatic heterocycles. The van der Waals surface area contributed by atoms with Gasteiger partial charge in [-0.3, -0.25) is 0 Å². The second-order valence-corrected chi connectivity index (χ2v) is 15.4. The van der Waals surface area contributed by atoms with E-state index < -0.39 is 0 Å². The molecule has 0 spiro atoms. The molecule has 1 aliphatic rings. The molecule has 0 unspecified atom stereocenters. The van der Waals surface area contributed by atoms with Crippen LogP contribution in [0.15, 0.2) is 206 Å². The van der Waals surface area contributed by atoms with Crippen molar-refractivity contribution in [2.45, 2.75) is 0 Å². The molecule has 0 aliphatic heterocycles. The van der Waals surface area contributed by atoms with Gasteiger partial charge in [-0.2, -0.15) is 0 Å². The summed E-state index contributed by atoms with van der Waals surface area (Å²) in [6.45, 7) is 0. The van der Waals surface area contributed by atoms with Crippen LogP contribution in [-0.4, -0.2) is 19.9 Å². The third-order valence-corrected chi connectivity index (χ3v) is 11.8. The largest absolute Gasteiger partial charge is 0.245 e. The van der Waals surface area contributed by atoms with E-state index in [9.17, 15) is 0 Å². The highest BCUT2D eigenvalue weighted by molar-refractivity contribution is 6.15. The monoisotopic (exact) mass is 762 g/mol. The molecule has 8 aromatic carbocycles. The van der Waals surface area contributed by atoms with Crippen molar-refractivity contribution in [3.05, 3.63) is 206 Å². The lowest BCUT2D eigenvalue weighted by atomic mass is 9.96. The summed E-state index contributed by atoms with van der Waals surface area (Å²) in [5, 5.41) is 4.76. The van der Waals surface area contributed by atoms with Crippen LogP contribution >= 0.6 is 0 Å². The van der Waals surface area contributed by atoms with E-state index in [0.29, 0.717) is 5.82 Å². The minimum Gasteiger partial charge on any atom is -0.245 e. The van der Waals surface area contributed by atoms with Crippen molar-refractivity contribution in [1.29, 1.82) is 0 Å². The number of fused-ring (bicyclic) bond motifs is 6. The predicted molar refractivity (Wildman–Crippen MR) is 247 cm³/mol. The molecule has 1 aliphatic carbocycles. The van der Waals surface area contributed by atoms with Crippen LogP contribution in [0.4, 0.5) is 0 Å². The second-order valence-electron chi connectivity index (χ2n) is 15.4. The van der Waals surface area contributed by atoms with Crippen molar-refractivity contribution < 1.29 is 0 Å². The number of benzene rings is 8. The second kappa shape index (κ2) is 13.8. The first-order valence-corrected chi connectivity index (χ1v) is 20.3. The summed E-state index contributed by atoms with van der Waals surface area (Å²) in [5.74, 6) is 0.700. The van der Waals surface area contributed by atoms with E-state index in [-0.39, 0.29) is 0 Å². The smallest absolute Gasteiger partial charge is 0.160 e. The first-order valence-electron chi connectivity index (χ1n) is 20.3. The molecule has 0 amide bonds. The molecule has 0 fully saturated rings. The van der Waals surface area contributed by atoms with Gasteiger partial charge in [0.2, 0.25) is 0 Å². The van der Waals surface area contributed by atoms with Gasteiger partial charge in [0.05, 0.1) is 33.8 Å². The zero-order chi connectivity index (χ0) is 39.6. The first kappa shape index (κ1) is 34.0. The van der Waals surface area contributed by atoms with Crippen molar-refractivity contribution in [1.82, 2.24) is 19.9 Å². The van der Waals surface area contributed by atoms with Crippen LogP contribution in [-0.2, 0) is 0 Å². The molecular formula is C56H34N4. The number of aromatic nitrogens is 4. The SMILES string of the molecule is c1ccc(-c2cc(-c3ccc(-c4ccc5ccc6ccc(-c7ccc(-c8ccc9c(c8)-c8cccc%10cccc-9c8%10)cc7)nc6c5n4)cc3)nc(-c3ccccc3)n2)cc1. The van der Waals surface area contributed by atoms with Gasteiger partial charge in [0.25, 0.3) is 0 Å². The number of pyridine rings is 2. The maximum atomic E-state index is 5.25. The van der Waals surface area contributed by atoms with Gasteiger partial charge in [0.1, 0.15) is 0 Å². The van der Waals surface area contributed by atoms with Gasteiger partial charge in [-0.05, 0) is 68.4 Å². The lowest BCUT2D eigenvalue weighted by Crippen LogP contribution is -1.96. The van der Waals surface area contributed by atoms with Crippen molar-refractivity contribution in [3.8, 4) is 89.8 Å². The van der Waals surface area contributed by atoms with Crippen LogP contribution in [0, 0.1) is 0 Å². The molecule has 0 saturated heterocycles. The Balaban J connectivity index is 0.861. The Kier molecular flexibility index (Phi) is 7.82. The molecule has 278 valence electrons. The Morgan fingerprint density at radius 1 is 0.233 bits per heavy atom. The number of hydrogen-bond donors (Lipinski definition) is 0. The molecule has 60 heavy (non-hydrogen) atoms. The van der Waals surface area contributed by atoms with E-state index in [1.54, 1.807) is 0 Å². The van der Waals surface area contributed by atoms with Crippen LogP contribution < -0.4 is 0 Å². The van der Waals surface area contributed by atoms with Gasteiger partial charge >= 0.3 is 0 Å². The highest BCUT2D eigenvalue weighted by atomic mass is 14.9. The highest BCUT2D eigenvalue weighted by Crippen LogP contribution is 2.48. The third-order valence-electron chi connectivity index (χ3n) is 11.8. The maximum absolute atomic E-state index is 5.25. The standard InChI is InChI=1S/C56H34N4/c1-3-9-36(10-4-1)51-34-52(60-56(59-51)43-11-5-2-6-12-43)39-23-21-38(22-24-39)50-32-29-42-26-25-41-28-31-49(57-54(41)55(42)58-50)37-19-17-35(18-20-37)44-27-30-45-46-15-7-13-40-14-8-16-47(53(40)46)48(45)33-44/h1-34H. The Hall–Kier alpha value is -8.08. The van der Waals surface area contributed by atoms with E-state index in [1.807, 2.05) is 36.4 Å². The summed E-state index contributed by atoms with van der Waals surface area (Å²) in [6, 6.07) is 72.6. The zero-order valence-corrected chi connectivity index (χ0v) is 32.4. The topological polar surface area (TPSA) is 51.6 Å². The summed E-state index contributed by atoms with van der Waals surface area (Å²) in [4.78, 5) is 20.5. The van der Waals surface area contributed by atoms with Crippen molar-refractivity contribution in [2.24, 2.45) is 0 Å². The minimum absolute atomic E-state index is 0.700. The normalized spacial score (nSPS) is 11.7. The third kappa shape index (κ3) is 5.77. The number of nitrogens with zero attached hydrogens (tertiary/aromatic N) is 4. The van der Waals surface area contributed by atoms with E-state index in [0.717, 1.165) is 72.4 Å². The summed E-state index contributed by atoms with van der Waals surface area (Å²) in [5.41, 5.74) is 18.1. The zero-order valence-electron chi connectivity index (χ0n) is 32.4. The fourth-order valence-corrected chi connectivity index (χ4v) is 8.77. The van der Waals surface area contributed by atoms with Gasteiger partial charge in [0, 0.05) is 38.6 Å². The first-order chi connectivity index (χ1) is 29.7. The van der Waals surface area contributed by atoms with Gasteiger partial charge in [0.15, 0.2) is 5.82 Å². The lowest BCUT2D eigenvalue weighted by Gasteiger charge is -2.11. The van der Waals surface area contributed by atoms with Crippen molar-refractivity contribution in [2.75, 3.05) is 0 Å². The summed E-state index contributed by atoms with van der Waals surface area (Å²) in [7, 11) is 0.